The molecule has 2 aliphatic heterocycles. The molecule has 3 amide bonds. The van der Waals surface area contributed by atoms with Gasteiger partial charge in [-0.25, -0.2) is 4.79 Å². The number of piperidine rings is 1. The molecule has 2 aliphatic rings. The number of halogens is 1. The molecule has 2 fully saturated rings. The molecule has 1 unspecified atom stereocenters. The molecule has 182 valence electrons. The molecule has 2 N–H and O–H groups in total. The van der Waals surface area contributed by atoms with Crippen molar-refractivity contribution < 1.29 is 19.1 Å². The van der Waals surface area contributed by atoms with Gasteiger partial charge in [-0.2, -0.15) is 0 Å². The van der Waals surface area contributed by atoms with Crippen LogP contribution in [0, 0.1) is 5.92 Å². The van der Waals surface area contributed by atoms with Crippen LogP contribution >= 0.6 is 22.9 Å². The van der Waals surface area contributed by atoms with E-state index in [0.29, 0.717) is 27.1 Å². The smallest absolute Gasteiger partial charge is 0.414 e. The molecule has 0 radical (unpaired) electrons. The van der Waals surface area contributed by atoms with E-state index in [2.05, 4.69) is 15.5 Å². The first-order valence-corrected chi connectivity index (χ1v) is 12.7. The number of thiophene rings is 1. The van der Waals surface area contributed by atoms with Crippen molar-refractivity contribution in [2.45, 2.75) is 39.2 Å². The normalized spacial score (nSPS) is 18.2. The molecule has 10 heteroatoms. The molecule has 0 spiro atoms. The van der Waals surface area contributed by atoms with Crippen molar-refractivity contribution in [3.05, 3.63) is 39.5 Å². The van der Waals surface area contributed by atoms with Crippen molar-refractivity contribution >= 4 is 57.9 Å². The van der Waals surface area contributed by atoms with Gasteiger partial charge in [-0.1, -0.05) is 25.4 Å². The van der Waals surface area contributed by atoms with Crippen LogP contribution < -0.4 is 20.4 Å². The molecule has 3 heterocycles. The van der Waals surface area contributed by atoms with E-state index in [1.807, 2.05) is 32.0 Å². The van der Waals surface area contributed by atoms with Crippen molar-refractivity contribution in [3.63, 3.8) is 0 Å². The van der Waals surface area contributed by atoms with Gasteiger partial charge in [0.15, 0.2) is 0 Å². The monoisotopic (exact) mass is 504 g/mol. The van der Waals surface area contributed by atoms with E-state index in [-0.39, 0.29) is 24.3 Å². The van der Waals surface area contributed by atoms with Crippen molar-refractivity contribution in [1.29, 1.82) is 0 Å². The summed E-state index contributed by atoms with van der Waals surface area (Å²) in [6, 6.07) is 9.00. The SMILES string of the molecule is CC(C)C(=O)Nc1cc(N2CC(CNC(=O)c3ccc(Cl)s3)OC2=O)ccc1N1CCCCC1. The Balaban J connectivity index is 1.47. The first-order chi connectivity index (χ1) is 16.3. The molecule has 1 aromatic heterocycles. The molecule has 1 atom stereocenters. The van der Waals surface area contributed by atoms with Crippen LogP contribution in [0.5, 0.6) is 0 Å². The van der Waals surface area contributed by atoms with E-state index >= 15 is 0 Å². The number of rotatable bonds is 7. The zero-order valence-corrected chi connectivity index (χ0v) is 20.9. The van der Waals surface area contributed by atoms with Crippen molar-refractivity contribution in [2.75, 3.05) is 41.3 Å². The van der Waals surface area contributed by atoms with Crippen LogP contribution in [0.4, 0.5) is 21.9 Å². The Kier molecular flexibility index (Phi) is 7.63. The predicted octanol–water partition coefficient (Wildman–Crippen LogP) is 4.74. The lowest BCUT2D eigenvalue weighted by Gasteiger charge is -2.31. The number of amides is 3. The topological polar surface area (TPSA) is 91.0 Å². The Bertz CT molecular complexity index is 1070. The summed E-state index contributed by atoms with van der Waals surface area (Å²) in [5, 5.41) is 5.83. The highest BCUT2D eigenvalue weighted by atomic mass is 35.5. The van der Waals surface area contributed by atoms with Gasteiger partial charge in [0.1, 0.15) is 6.10 Å². The molecule has 8 nitrogen and oxygen atoms in total. The number of benzene rings is 1. The Morgan fingerprint density at radius 2 is 1.94 bits per heavy atom. The molecule has 1 aromatic carbocycles. The number of carbonyl (C=O) groups excluding carboxylic acids is 3. The van der Waals surface area contributed by atoms with Gasteiger partial charge in [0.25, 0.3) is 5.91 Å². The van der Waals surface area contributed by atoms with Gasteiger partial charge in [0.2, 0.25) is 5.91 Å². The maximum absolute atomic E-state index is 12.6. The van der Waals surface area contributed by atoms with Gasteiger partial charge in [0.05, 0.1) is 33.7 Å². The average molecular weight is 505 g/mol. The first kappa shape index (κ1) is 24.3. The summed E-state index contributed by atoms with van der Waals surface area (Å²) in [6.45, 7) is 6.06. The lowest BCUT2D eigenvalue weighted by molar-refractivity contribution is -0.118. The number of carbonyl (C=O) groups is 3. The van der Waals surface area contributed by atoms with E-state index in [1.54, 1.807) is 12.1 Å². The third-order valence-electron chi connectivity index (χ3n) is 5.93. The van der Waals surface area contributed by atoms with E-state index in [0.717, 1.165) is 31.6 Å². The van der Waals surface area contributed by atoms with Crippen LogP contribution in [-0.2, 0) is 9.53 Å². The predicted molar refractivity (Wildman–Crippen MR) is 135 cm³/mol. The number of anilines is 3. The third kappa shape index (κ3) is 5.64. The van der Waals surface area contributed by atoms with E-state index < -0.39 is 12.2 Å². The highest BCUT2D eigenvalue weighted by Crippen LogP contribution is 2.34. The van der Waals surface area contributed by atoms with Crippen LogP contribution in [0.25, 0.3) is 0 Å². The fourth-order valence-electron chi connectivity index (χ4n) is 4.05. The minimum Gasteiger partial charge on any atom is -0.442 e. The van der Waals surface area contributed by atoms with Crippen LogP contribution in [0.15, 0.2) is 30.3 Å². The minimum atomic E-state index is -0.484. The Hall–Kier alpha value is -2.78. The van der Waals surface area contributed by atoms with Gasteiger partial charge in [-0.3, -0.25) is 14.5 Å². The molecule has 4 rings (SSSR count). The van der Waals surface area contributed by atoms with Crippen molar-refractivity contribution in [1.82, 2.24) is 5.32 Å². The summed E-state index contributed by atoms with van der Waals surface area (Å²) >= 11 is 7.09. The van der Waals surface area contributed by atoms with Crippen LogP contribution in [0.1, 0.15) is 42.8 Å². The van der Waals surface area contributed by atoms with Crippen LogP contribution in [-0.4, -0.2) is 50.2 Å². The minimum absolute atomic E-state index is 0.0753. The average Bonchev–Trinajstić information content (AvgIpc) is 3.43. The Labute approximate surface area is 208 Å². The number of cyclic esters (lactones) is 1. The zero-order chi connectivity index (χ0) is 24.2. The second-order valence-electron chi connectivity index (χ2n) is 8.82. The molecule has 2 saturated heterocycles. The maximum Gasteiger partial charge on any atom is 0.414 e. The fourth-order valence-corrected chi connectivity index (χ4v) is 5.01. The van der Waals surface area contributed by atoms with Crippen LogP contribution in [0.2, 0.25) is 4.34 Å². The lowest BCUT2D eigenvalue weighted by atomic mass is 10.1. The number of ether oxygens (including phenoxy) is 1. The van der Waals surface area contributed by atoms with Gasteiger partial charge >= 0.3 is 6.09 Å². The standard InChI is InChI=1S/C24H29ClN4O4S/c1-15(2)22(30)27-18-12-16(6-7-19(18)28-10-4-3-5-11-28)29-14-17(33-24(29)32)13-26-23(31)20-8-9-21(25)34-20/h6-9,12,15,17H,3-5,10-11,13-14H2,1-2H3,(H,26,31)(H,27,30). The van der Waals surface area contributed by atoms with E-state index in [9.17, 15) is 14.4 Å². The molecule has 34 heavy (non-hydrogen) atoms. The number of nitrogens with zero attached hydrogens (tertiary/aromatic N) is 2. The van der Waals surface area contributed by atoms with E-state index in [4.69, 9.17) is 16.3 Å². The Morgan fingerprint density at radius 3 is 2.62 bits per heavy atom. The summed E-state index contributed by atoms with van der Waals surface area (Å²) < 4.78 is 6.02. The van der Waals surface area contributed by atoms with Crippen molar-refractivity contribution in [3.8, 4) is 0 Å². The number of hydrogen-bond acceptors (Lipinski definition) is 6. The first-order valence-electron chi connectivity index (χ1n) is 11.5. The molecular formula is C24H29ClN4O4S. The molecular weight excluding hydrogens is 476 g/mol. The highest BCUT2D eigenvalue weighted by Gasteiger charge is 2.33. The number of hydrogen-bond donors (Lipinski definition) is 2. The quantitative estimate of drug-likeness (QED) is 0.568. The number of nitrogens with one attached hydrogen (secondary N) is 2. The summed E-state index contributed by atoms with van der Waals surface area (Å²) in [4.78, 5) is 41.7. The largest absolute Gasteiger partial charge is 0.442 e. The maximum atomic E-state index is 12.6. The summed E-state index contributed by atoms with van der Waals surface area (Å²) in [5.74, 6) is -0.495. The van der Waals surface area contributed by atoms with Crippen LogP contribution in [0.3, 0.4) is 0 Å². The second-order valence-corrected chi connectivity index (χ2v) is 10.5. The molecule has 0 bridgehead atoms. The van der Waals surface area contributed by atoms with Gasteiger partial charge < -0.3 is 20.3 Å². The van der Waals surface area contributed by atoms with Gasteiger partial charge in [0, 0.05) is 24.7 Å². The fraction of sp³-hybridized carbons (Fsp3) is 0.458. The summed E-state index contributed by atoms with van der Waals surface area (Å²) in [6.07, 6.45) is 2.47. The highest BCUT2D eigenvalue weighted by molar-refractivity contribution is 7.18. The third-order valence-corrected chi connectivity index (χ3v) is 7.16. The lowest BCUT2D eigenvalue weighted by Crippen LogP contribution is -2.34. The van der Waals surface area contributed by atoms with Gasteiger partial charge in [-0.15, -0.1) is 11.3 Å². The van der Waals surface area contributed by atoms with E-state index in [1.165, 1.54) is 22.7 Å². The molecule has 2 aromatic rings. The Morgan fingerprint density at radius 1 is 1.18 bits per heavy atom. The summed E-state index contributed by atoms with van der Waals surface area (Å²) in [7, 11) is 0. The molecule has 0 saturated carbocycles. The van der Waals surface area contributed by atoms with Crippen molar-refractivity contribution in [2.24, 2.45) is 5.92 Å². The van der Waals surface area contributed by atoms with Gasteiger partial charge in [-0.05, 0) is 49.6 Å². The molecule has 0 aliphatic carbocycles. The zero-order valence-electron chi connectivity index (χ0n) is 19.3. The summed E-state index contributed by atoms with van der Waals surface area (Å²) in [5.41, 5.74) is 2.30. The second kappa shape index (κ2) is 10.7.